The summed E-state index contributed by atoms with van der Waals surface area (Å²) in [4.78, 5) is 9.03. The minimum absolute atomic E-state index is 0. The highest BCUT2D eigenvalue weighted by Gasteiger charge is 2.12. The van der Waals surface area contributed by atoms with Crippen LogP contribution in [-0.2, 0) is 4.74 Å². The van der Waals surface area contributed by atoms with E-state index in [2.05, 4.69) is 14.8 Å². The molecular weight excluding hydrogens is 363 g/mol. The highest BCUT2D eigenvalue weighted by molar-refractivity contribution is 14.0. The van der Waals surface area contributed by atoms with E-state index in [1.165, 1.54) is 24.6 Å². The van der Waals surface area contributed by atoms with Gasteiger partial charge in [0.25, 0.3) is 0 Å². The molecule has 106 valence electrons. The van der Waals surface area contributed by atoms with E-state index in [1.807, 2.05) is 11.8 Å². The Balaban J connectivity index is 0.00000162. The van der Waals surface area contributed by atoms with Crippen LogP contribution in [0.3, 0.4) is 0 Å². The predicted molar refractivity (Wildman–Crippen MR) is 88.1 cm³/mol. The first kappa shape index (κ1) is 16.3. The molecule has 5 nitrogen and oxygen atoms in total. The predicted octanol–water partition coefficient (Wildman–Crippen LogP) is 0.300. The minimum Gasteiger partial charge on any atom is -0.378 e. The van der Waals surface area contributed by atoms with E-state index in [0.717, 1.165) is 39.4 Å². The second kappa shape index (κ2) is 9.22. The largest absolute Gasteiger partial charge is 0.378 e. The molecule has 2 aliphatic heterocycles. The molecule has 0 aromatic carbocycles. The van der Waals surface area contributed by atoms with Gasteiger partial charge in [-0.15, -0.1) is 24.0 Å². The molecule has 7 heteroatoms. The SMILES string of the molecule is I.NC(=NCCN1CCSCC1)N1CCOCC1. The van der Waals surface area contributed by atoms with E-state index in [1.54, 1.807) is 0 Å². The van der Waals surface area contributed by atoms with Gasteiger partial charge < -0.3 is 15.4 Å². The van der Waals surface area contributed by atoms with Crippen molar-refractivity contribution in [3.63, 3.8) is 0 Å². The zero-order valence-corrected chi connectivity index (χ0v) is 13.9. The number of nitrogens with zero attached hydrogens (tertiary/aromatic N) is 3. The standard InChI is InChI=1S/C11H22N4OS.HI/c12-11(15-3-7-16-8-4-15)13-1-2-14-5-9-17-10-6-14;/h1-10H2,(H2,12,13);1H. The number of morpholine rings is 1. The second-order valence-electron chi connectivity index (χ2n) is 4.29. The van der Waals surface area contributed by atoms with Crippen molar-refractivity contribution in [2.45, 2.75) is 0 Å². The highest BCUT2D eigenvalue weighted by Crippen LogP contribution is 2.08. The normalized spacial score (nSPS) is 22.7. The summed E-state index contributed by atoms with van der Waals surface area (Å²) in [6.07, 6.45) is 0. The first-order chi connectivity index (χ1) is 8.36. The van der Waals surface area contributed by atoms with Crippen LogP contribution in [0, 0.1) is 0 Å². The molecule has 0 aromatic heterocycles. The van der Waals surface area contributed by atoms with Gasteiger partial charge >= 0.3 is 0 Å². The van der Waals surface area contributed by atoms with Crippen LogP contribution in [0.5, 0.6) is 0 Å². The van der Waals surface area contributed by atoms with Crippen LogP contribution in [0.25, 0.3) is 0 Å². The Bertz CT molecular complexity index is 255. The number of hydrogen-bond acceptors (Lipinski definition) is 4. The molecule has 0 bridgehead atoms. The molecule has 0 unspecified atom stereocenters. The molecule has 0 spiro atoms. The number of guanidine groups is 1. The lowest BCUT2D eigenvalue weighted by Gasteiger charge is -2.28. The monoisotopic (exact) mass is 386 g/mol. The number of aliphatic imine (C=N–C) groups is 1. The van der Waals surface area contributed by atoms with Crippen molar-refractivity contribution in [2.75, 3.05) is 64.0 Å². The molecule has 2 saturated heterocycles. The number of halogens is 1. The lowest BCUT2D eigenvalue weighted by atomic mass is 10.4. The third-order valence-corrected chi connectivity index (χ3v) is 4.07. The number of hydrogen-bond donors (Lipinski definition) is 1. The highest BCUT2D eigenvalue weighted by atomic mass is 127. The zero-order valence-electron chi connectivity index (χ0n) is 10.7. The number of rotatable bonds is 3. The quantitative estimate of drug-likeness (QED) is 0.430. The number of ether oxygens (including phenoxy) is 1. The minimum atomic E-state index is 0. The molecular formula is C11H23IN4OS. The Hall–Kier alpha value is 0.270. The molecule has 0 amide bonds. The van der Waals surface area contributed by atoms with Gasteiger partial charge in [0.1, 0.15) is 0 Å². The molecule has 2 aliphatic rings. The lowest BCUT2D eigenvalue weighted by molar-refractivity contribution is 0.0674. The van der Waals surface area contributed by atoms with Gasteiger partial charge in [-0.1, -0.05) is 0 Å². The molecule has 2 heterocycles. The molecule has 0 aliphatic carbocycles. The molecule has 18 heavy (non-hydrogen) atoms. The second-order valence-corrected chi connectivity index (χ2v) is 5.52. The van der Waals surface area contributed by atoms with Crippen molar-refractivity contribution >= 4 is 41.7 Å². The van der Waals surface area contributed by atoms with Crippen LogP contribution in [0.1, 0.15) is 0 Å². The summed E-state index contributed by atoms with van der Waals surface area (Å²) in [6.45, 7) is 7.50. The molecule has 0 aromatic rings. The van der Waals surface area contributed by atoms with Gasteiger partial charge in [0.15, 0.2) is 5.96 Å². The third kappa shape index (κ3) is 5.50. The molecule has 2 fully saturated rings. The van der Waals surface area contributed by atoms with E-state index in [9.17, 15) is 0 Å². The van der Waals surface area contributed by atoms with Gasteiger partial charge in [-0.25, -0.2) is 0 Å². The first-order valence-corrected chi connectivity index (χ1v) is 7.44. The Kier molecular flexibility index (Phi) is 8.36. The number of thioether (sulfide) groups is 1. The summed E-state index contributed by atoms with van der Waals surface area (Å²) in [5.74, 6) is 3.19. The van der Waals surface area contributed by atoms with E-state index >= 15 is 0 Å². The van der Waals surface area contributed by atoms with Crippen LogP contribution in [-0.4, -0.2) is 79.7 Å². The molecule has 2 N–H and O–H groups in total. The lowest BCUT2D eigenvalue weighted by Crippen LogP contribution is -2.45. The Morgan fingerprint density at radius 3 is 2.50 bits per heavy atom. The van der Waals surface area contributed by atoms with Gasteiger partial charge in [-0.2, -0.15) is 11.8 Å². The Labute approximate surface area is 131 Å². The van der Waals surface area contributed by atoms with E-state index < -0.39 is 0 Å². The Morgan fingerprint density at radius 1 is 1.17 bits per heavy atom. The van der Waals surface area contributed by atoms with Crippen LogP contribution in [0.2, 0.25) is 0 Å². The fraction of sp³-hybridized carbons (Fsp3) is 0.909. The number of nitrogens with two attached hydrogens (primary N) is 1. The molecule has 2 rings (SSSR count). The van der Waals surface area contributed by atoms with Crippen LogP contribution >= 0.6 is 35.7 Å². The topological polar surface area (TPSA) is 54.1 Å². The third-order valence-electron chi connectivity index (χ3n) is 3.13. The maximum atomic E-state index is 5.96. The fourth-order valence-electron chi connectivity index (χ4n) is 2.02. The van der Waals surface area contributed by atoms with E-state index in [0.29, 0.717) is 5.96 Å². The smallest absolute Gasteiger partial charge is 0.191 e. The van der Waals surface area contributed by atoms with Crippen molar-refractivity contribution in [1.29, 1.82) is 0 Å². The van der Waals surface area contributed by atoms with E-state index in [4.69, 9.17) is 10.5 Å². The average Bonchev–Trinajstić information content (AvgIpc) is 2.41. The van der Waals surface area contributed by atoms with Gasteiger partial charge in [0, 0.05) is 44.2 Å². The van der Waals surface area contributed by atoms with Crippen LogP contribution < -0.4 is 5.73 Å². The van der Waals surface area contributed by atoms with Crippen molar-refractivity contribution in [1.82, 2.24) is 9.80 Å². The summed E-state index contributed by atoms with van der Waals surface area (Å²) in [7, 11) is 0. The van der Waals surface area contributed by atoms with Crippen LogP contribution in [0.4, 0.5) is 0 Å². The van der Waals surface area contributed by atoms with Crippen LogP contribution in [0.15, 0.2) is 4.99 Å². The maximum Gasteiger partial charge on any atom is 0.191 e. The van der Waals surface area contributed by atoms with Crippen molar-refractivity contribution in [3.8, 4) is 0 Å². The van der Waals surface area contributed by atoms with Gasteiger partial charge in [0.2, 0.25) is 0 Å². The van der Waals surface area contributed by atoms with Crippen molar-refractivity contribution < 1.29 is 4.74 Å². The molecule has 0 saturated carbocycles. The van der Waals surface area contributed by atoms with Crippen molar-refractivity contribution in [3.05, 3.63) is 0 Å². The summed E-state index contributed by atoms with van der Waals surface area (Å²) >= 11 is 2.04. The fourth-order valence-corrected chi connectivity index (χ4v) is 3.00. The summed E-state index contributed by atoms with van der Waals surface area (Å²) in [5.41, 5.74) is 5.96. The zero-order chi connectivity index (χ0) is 11.9. The van der Waals surface area contributed by atoms with E-state index in [-0.39, 0.29) is 24.0 Å². The maximum absolute atomic E-state index is 5.96. The molecule has 0 radical (unpaired) electrons. The summed E-state index contributed by atoms with van der Waals surface area (Å²) < 4.78 is 5.29. The van der Waals surface area contributed by atoms with Crippen molar-refractivity contribution in [2.24, 2.45) is 10.7 Å². The van der Waals surface area contributed by atoms with Gasteiger partial charge in [0.05, 0.1) is 19.8 Å². The average molecular weight is 386 g/mol. The van der Waals surface area contributed by atoms with Gasteiger partial charge in [-0.05, 0) is 0 Å². The summed E-state index contributed by atoms with van der Waals surface area (Å²) in [6, 6.07) is 0. The van der Waals surface area contributed by atoms with Gasteiger partial charge in [-0.3, -0.25) is 9.89 Å². The summed E-state index contributed by atoms with van der Waals surface area (Å²) in [5, 5.41) is 0. The Morgan fingerprint density at radius 2 is 1.83 bits per heavy atom. The molecule has 0 atom stereocenters. The first-order valence-electron chi connectivity index (χ1n) is 6.29.